The second-order valence-corrected chi connectivity index (χ2v) is 3.80. The molecule has 2 heteroatoms. The molecule has 1 heterocycles. The number of rotatable bonds is 4. The van der Waals surface area contributed by atoms with Gasteiger partial charge in [-0.05, 0) is 12.0 Å². The van der Waals surface area contributed by atoms with Crippen LogP contribution in [0.25, 0.3) is 0 Å². The van der Waals surface area contributed by atoms with Crippen molar-refractivity contribution >= 4 is 6.29 Å². The van der Waals surface area contributed by atoms with E-state index in [-0.39, 0.29) is 0 Å². The molecule has 1 aromatic carbocycles. The summed E-state index contributed by atoms with van der Waals surface area (Å²) < 4.78 is 0. The molecule has 1 aromatic rings. The van der Waals surface area contributed by atoms with Gasteiger partial charge in [-0.1, -0.05) is 30.3 Å². The smallest absolute Gasteiger partial charge is 0.121 e. The topological polar surface area (TPSA) is 20.3 Å². The Morgan fingerprint density at radius 2 is 2.14 bits per heavy atom. The maximum Gasteiger partial charge on any atom is 0.121 e. The maximum absolute atomic E-state index is 10.4. The van der Waals surface area contributed by atoms with Crippen molar-refractivity contribution in [3.05, 3.63) is 35.9 Å². The molecule has 1 saturated heterocycles. The van der Waals surface area contributed by atoms with Crippen molar-refractivity contribution in [2.75, 3.05) is 6.54 Å². The Hall–Kier alpha value is -1.15. The molecule has 74 valence electrons. The number of aldehydes is 1. The van der Waals surface area contributed by atoms with Crippen LogP contribution in [0.3, 0.4) is 0 Å². The minimum Gasteiger partial charge on any atom is -0.303 e. The predicted molar refractivity (Wildman–Crippen MR) is 55.9 cm³/mol. The molecule has 1 aliphatic heterocycles. The Kier molecular flexibility index (Phi) is 2.94. The maximum atomic E-state index is 10.4. The number of nitrogens with zero attached hydrogens (tertiary/aromatic N) is 1. The Bertz CT molecular complexity index is 296. The lowest BCUT2D eigenvalue weighted by molar-refractivity contribution is -0.110. The molecule has 1 fully saturated rings. The molecule has 0 saturated carbocycles. The Morgan fingerprint density at radius 1 is 1.36 bits per heavy atom. The molecule has 2 nitrogen and oxygen atoms in total. The first kappa shape index (κ1) is 9.41. The summed E-state index contributed by atoms with van der Waals surface area (Å²) in [6.07, 6.45) is 2.89. The minimum atomic E-state index is 0.493. The lowest BCUT2D eigenvalue weighted by atomic mass is 9.99. The highest BCUT2D eigenvalue weighted by Gasteiger charge is 2.26. The van der Waals surface area contributed by atoms with Crippen LogP contribution in [0.2, 0.25) is 0 Å². The zero-order valence-corrected chi connectivity index (χ0v) is 8.23. The lowest BCUT2D eigenvalue weighted by Crippen LogP contribution is -2.46. The fourth-order valence-corrected chi connectivity index (χ4v) is 1.90. The normalized spacial score (nSPS) is 21.6. The summed E-state index contributed by atoms with van der Waals surface area (Å²) in [7, 11) is 0. The van der Waals surface area contributed by atoms with Crippen LogP contribution in [0.15, 0.2) is 30.3 Å². The van der Waals surface area contributed by atoms with Gasteiger partial charge in [0.15, 0.2) is 0 Å². The van der Waals surface area contributed by atoms with E-state index in [2.05, 4.69) is 29.2 Å². The number of hydrogen-bond donors (Lipinski definition) is 0. The Labute approximate surface area is 84.5 Å². The molecular formula is C12H15NO. The fourth-order valence-electron chi connectivity index (χ4n) is 1.90. The molecule has 0 aromatic heterocycles. The van der Waals surface area contributed by atoms with Crippen LogP contribution in [0.4, 0.5) is 0 Å². The third kappa shape index (κ3) is 2.02. The van der Waals surface area contributed by atoms with Crippen LogP contribution in [0.5, 0.6) is 0 Å². The van der Waals surface area contributed by atoms with E-state index in [1.165, 1.54) is 12.0 Å². The molecule has 0 aliphatic carbocycles. The average Bonchev–Trinajstić information content (AvgIpc) is 2.23. The summed E-state index contributed by atoms with van der Waals surface area (Å²) in [6, 6.07) is 10.9. The van der Waals surface area contributed by atoms with Crippen molar-refractivity contribution < 1.29 is 4.79 Å². The summed E-state index contributed by atoms with van der Waals surface area (Å²) in [5, 5.41) is 0. The van der Waals surface area contributed by atoms with E-state index < -0.39 is 0 Å². The number of carbonyl (C=O) groups excluding carboxylic acids is 1. The van der Waals surface area contributed by atoms with E-state index in [4.69, 9.17) is 0 Å². The molecule has 14 heavy (non-hydrogen) atoms. The van der Waals surface area contributed by atoms with Gasteiger partial charge in [0.25, 0.3) is 0 Å². The number of likely N-dealkylation sites (tertiary alicyclic amines) is 1. The van der Waals surface area contributed by atoms with E-state index in [1.54, 1.807) is 0 Å². The largest absolute Gasteiger partial charge is 0.303 e. The Morgan fingerprint density at radius 3 is 2.71 bits per heavy atom. The van der Waals surface area contributed by atoms with Crippen molar-refractivity contribution in [1.82, 2.24) is 4.90 Å². The fraction of sp³-hybridized carbons (Fsp3) is 0.417. The van der Waals surface area contributed by atoms with Gasteiger partial charge in [-0.3, -0.25) is 4.90 Å². The third-order valence-electron chi connectivity index (χ3n) is 2.86. The molecule has 0 radical (unpaired) electrons. The van der Waals surface area contributed by atoms with Crippen LogP contribution >= 0.6 is 0 Å². The summed E-state index contributed by atoms with van der Waals surface area (Å²) in [5.74, 6) is 0. The standard InChI is InChI=1S/C12H15NO/c14-9-7-12-6-8-13(12)10-11-4-2-1-3-5-11/h1-5,9,12H,6-8,10H2. The predicted octanol–water partition coefficient (Wildman–Crippen LogP) is 1.85. The van der Waals surface area contributed by atoms with E-state index in [9.17, 15) is 4.79 Å². The van der Waals surface area contributed by atoms with Crippen molar-refractivity contribution in [2.24, 2.45) is 0 Å². The van der Waals surface area contributed by atoms with Crippen LogP contribution in [0.1, 0.15) is 18.4 Å². The lowest BCUT2D eigenvalue weighted by Gasteiger charge is -2.40. The highest BCUT2D eigenvalue weighted by atomic mass is 16.1. The van der Waals surface area contributed by atoms with Gasteiger partial charge >= 0.3 is 0 Å². The van der Waals surface area contributed by atoms with Gasteiger partial charge in [-0.25, -0.2) is 0 Å². The molecule has 0 N–H and O–H groups in total. The van der Waals surface area contributed by atoms with Crippen LogP contribution in [-0.2, 0) is 11.3 Å². The first-order valence-corrected chi connectivity index (χ1v) is 5.12. The molecular weight excluding hydrogens is 174 g/mol. The van der Waals surface area contributed by atoms with Crippen molar-refractivity contribution in [3.8, 4) is 0 Å². The van der Waals surface area contributed by atoms with E-state index >= 15 is 0 Å². The number of benzene rings is 1. The van der Waals surface area contributed by atoms with Crippen molar-refractivity contribution in [1.29, 1.82) is 0 Å². The van der Waals surface area contributed by atoms with Crippen LogP contribution < -0.4 is 0 Å². The summed E-state index contributed by atoms with van der Waals surface area (Å²) in [6.45, 7) is 2.12. The SMILES string of the molecule is O=CCC1CCN1Cc1ccccc1. The zero-order valence-electron chi connectivity index (χ0n) is 8.23. The summed E-state index contributed by atoms with van der Waals surface area (Å²) >= 11 is 0. The molecule has 1 atom stereocenters. The molecule has 1 aliphatic rings. The summed E-state index contributed by atoms with van der Waals surface area (Å²) in [5.41, 5.74) is 1.34. The summed E-state index contributed by atoms with van der Waals surface area (Å²) in [4.78, 5) is 12.7. The molecule has 0 bridgehead atoms. The number of carbonyl (C=O) groups is 1. The quantitative estimate of drug-likeness (QED) is 0.674. The van der Waals surface area contributed by atoms with E-state index in [0.29, 0.717) is 12.5 Å². The zero-order chi connectivity index (χ0) is 9.80. The van der Waals surface area contributed by atoms with Gasteiger partial charge in [0.1, 0.15) is 6.29 Å². The van der Waals surface area contributed by atoms with Gasteiger partial charge < -0.3 is 4.79 Å². The van der Waals surface area contributed by atoms with Crippen LogP contribution in [-0.4, -0.2) is 23.8 Å². The van der Waals surface area contributed by atoms with Gasteiger partial charge in [0.2, 0.25) is 0 Å². The van der Waals surface area contributed by atoms with Crippen LogP contribution in [0, 0.1) is 0 Å². The highest BCUT2D eigenvalue weighted by molar-refractivity contribution is 5.50. The monoisotopic (exact) mass is 189 g/mol. The number of hydrogen-bond acceptors (Lipinski definition) is 2. The first-order chi connectivity index (χ1) is 6.90. The third-order valence-corrected chi connectivity index (χ3v) is 2.86. The Balaban J connectivity index is 1.89. The first-order valence-electron chi connectivity index (χ1n) is 5.12. The molecule has 2 rings (SSSR count). The second-order valence-electron chi connectivity index (χ2n) is 3.80. The van der Waals surface area contributed by atoms with Gasteiger partial charge in [0.05, 0.1) is 0 Å². The van der Waals surface area contributed by atoms with Crippen molar-refractivity contribution in [3.63, 3.8) is 0 Å². The van der Waals surface area contributed by atoms with Gasteiger partial charge in [0, 0.05) is 25.6 Å². The second kappa shape index (κ2) is 4.38. The van der Waals surface area contributed by atoms with Gasteiger partial charge in [-0.15, -0.1) is 0 Å². The highest BCUT2D eigenvalue weighted by Crippen LogP contribution is 2.21. The van der Waals surface area contributed by atoms with Crippen molar-refractivity contribution in [2.45, 2.75) is 25.4 Å². The van der Waals surface area contributed by atoms with E-state index in [1.807, 2.05) is 6.07 Å². The molecule has 1 unspecified atom stereocenters. The average molecular weight is 189 g/mol. The molecule has 0 amide bonds. The minimum absolute atomic E-state index is 0.493. The van der Waals surface area contributed by atoms with Gasteiger partial charge in [-0.2, -0.15) is 0 Å². The van der Waals surface area contributed by atoms with E-state index in [0.717, 1.165) is 19.4 Å². The molecule has 0 spiro atoms.